The summed E-state index contributed by atoms with van der Waals surface area (Å²) in [4.78, 5) is 0. The SMILES string of the molecule is IC(COc1ccccc1)=C(I)c1ccccc1I. The van der Waals surface area contributed by atoms with Gasteiger partial charge in [-0.25, -0.2) is 0 Å². The first kappa shape index (κ1) is 15.6. The van der Waals surface area contributed by atoms with Gasteiger partial charge in [0.2, 0.25) is 0 Å². The molecule has 0 aliphatic carbocycles. The second-order valence-electron chi connectivity index (χ2n) is 3.80. The molecule has 19 heavy (non-hydrogen) atoms. The van der Waals surface area contributed by atoms with Gasteiger partial charge in [0.1, 0.15) is 12.4 Å². The maximum absolute atomic E-state index is 5.78. The molecule has 0 N–H and O–H groups in total. The van der Waals surface area contributed by atoms with Gasteiger partial charge in [-0.05, 0) is 86.0 Å². The van der Waals surface area contributed by atoms with E-state index in [9.17, 15) is 0 Å². The van der Waals surface area contributed by atoms with Gasteiger partial charge in [0.15, 0.2) is 0 Å². The number of ether oxygens (including phenoxy) is 1. The van der Waals surface area contributed by atoms with Crippen LogP contribution >= 0.6 is 67.8 Å². The third kappa shape index (κ3) is 4.59. The lowest BCUT2D eigenvalue weighted by atomic mass is 10.2. The third-order valence-electron chi connectivity index (χ3n) is 2.46. The molecule has 1 nitrogen and oxygen atoms in total. The molecule has 0 aliphatic heterocycles. The number of benzene rings is 2. The second-order valence-corrected chi connectivity index (χ2v) is 7.34. The van der Waals surface area contributed by atoms with E-state index in [-0.39, 0.29) is 0 Å². The van der Waals surface area contributed by atoms with Crippen LogP contribution in [0.5, 0.6) is 5.75 Å². The molecule has 0 atom stereocenters. The summed E-state index contributed by atoms with van der Waals surface area (Å²) in [6.45, 7) is 0.605. The Hall–Kier alpha value is 0.170. The Balaban J connectivity index is 2.12. The van der Waals surface area contributed by atoms with Gasteiger partial charge in [0.25, 0.3) is 0 Å². The smallest absolute Gasteiger partial charge is 0.120 e. The van der Waals surface area contributed by atoms with E-state index in [1.165, 1.54) is 16.3 Å². The summed E-state index contributed by atoms with van der Waals surface area (Å²) in [5.41, 5.74) is 1.27. The summed E-state index contributed by atoms with van der Waals surface area (Å²) in [5, 5.41) is 0. The van der Waals surface area contributed by atoms with Crippen LogP contribution in [0, 0.1) is 3.57 Å². The van der Waals surface area contributed by atoms with Crippen LogP contribution < -0.4 is 4.74 Å². The van der Waals surface area contributed by atoms with E-state index in [1.807, 2.05) is 30.3 Å². The van der Waals surface area contributed by atoms with E-state index in [4.69, 9.17) is 4.74 Å². The summed E-state index contributed by atoms with van der Waals surface area (Å²) >= 11 is 7.11. The van der Waals surface area contributed by atoms with Crippen molar-refractivity contribution in [2.24, 2.45) is 0 Å². The van der Waals surface area contributed by atoms with Crippen LogP contribution in [0.2, 0.25) is 0 Å². The molecule has 0 radical (unpaired) electrons. The minimum Gasteiger partial charge on any atom is -0.488 e. The van der Waals surface area contributed by atoms with Gasteiger partial charge in [0, 0.05) is 16.3 Å². The number of hydrogen-bond donors (Lipinski definition) is 0. The predicted octanol–water partition coefficient (Wildman–Crippen LogP) is 5.91. The van der Waals surface area contributed by atoms with Crippen LogP contribution in [0.4, 0.5) is 0 Å². The van der Waals surface area contributed by atoms with E-state index >= 15 is 0 Å². The van der Waals surface area contributed by atoms with Gasteiger partial charge in [-0.3, -0.25) is 0 Å². The lowest BCUT2D eigenvalue weighted by molar-refractivity contribution is 0.362. The van der Waals surface area contributed by atoms with E-state index in [0.29, 0.717) is 6.61 Å². The number of para-hydroxylation sites is 1. The summed E-state index contributed by atoms with van der Waals surface area (Å²) in [6, 6.07) is 18.3. The Morgan fingerprint density at radius 3 is 2.21 bits per heavy atom. The first-order valence-corrected chi connectivity index (χ1v) is 8.89. The van der Waals surface area contributed by atoms with Gasteiger partial charge >= 0.3 is 0 Å². The number of rotatable bonds is 4. The van der Waals surface area contributed by atoms with Crippen LogP contribution in [-0.2, 0) is 0 Å². The van der Waals surface area contributed by atoms with Crippen LogP contribution in [0.25, 0.3) is 3.58 Å². The van der Waals surface area contributed by atoms with Crippen molar-refractivity contribution in [1.82, 2.24) is 0 Å². The zero-order valence-corrected chi connectivity index (χ0v) is 16.4. The van der Waals surface area contributed by atoms with E-state index < -0.39 is 0 Å². The Morgan fingerprint density at radius 1 is 0.895 bits per heavy atom. The van der Waals surface area contributed by atoms with Gasteiger partial charge in [-0.15, -0.1) is 0 Å². The second kappa shape index (κ2) is 7.82. The van der Waals surface area contributed by atoms with Gasteiger partial charge in [-0.2, -0.15) is 0 Å². The first-order valence-electron chi connectivity index (χ1n) is 5.65. The molecule has 98 valence electrons. The first-order chi connectivity index (χ1) is 9.18. The standard InChI is InChI=1S/C15H11I3O/c16-13-9-5-4-8-12(13)15(18)14(17)10-19-11-6-2-1-3-7-11/h1-9H,10H2. The fourth-order valence-electron chi connectivity index (χ4n) is 1.51. The quantitative estimate of drug-likeness (QED) is 0.404. The van der Waals surface area contributed by atoms with E-state index in [1.54, 1.807) is 0 Å². The Labute approximate surface area is 154 Å². The zero-order valence-electron chi connectivity index (χ0n) is 9.95. The molecule has 0 unspecified atom stereocenters. The molecule has 4 heteroatoms. The normalized spacial score (nSPS) is 11.9. The average Bonchev–Trinajstić information content (AvgIpc) is 2.45. The van der Waals surface area contributed by atoms with E-state index in [0.717, 1.165) is 5.75 Å². The molecular weight excluding hydrogens is 577 g/mol. The van der Waals surface area contributed by atoms with Crippen molar-refractivity contribution < 1.29 is 4.74 Å². The molecule has 0 fully saturated rings. The summed E-state index contributed by atoms with van der Waals surface area (Å²) in [6.07, 6.45) is 0. The molecule has 2 aromatic carbocycles. The molecule has 0 aliphatic rings. The summed E-state index contributed by atoms with van der Waals surface area (Å²) < 4.78 is 9.50. The Kier molecular flexibility index (Phi) is 6.40. The van der Waals surface area contributed by atoms with Crippen molar-refractivity contribution in [2.75, 3.05) is 6.61 Å². The molecule has 0 amide bonds. The number of halogens is 3. The maximum atomic E-state index is 5.78. The minimum absolute atomic E-state index is 0.605. The van der Waals surface area contributed by atoms with Crippen LogP contribution in [-0.4, -0.2) is 6.61 Å². The van der Waals surface area contributed by atoms with Crippen molar-refractivity contribution in [3.05, 3.63) is 67.3 Å². The largest absolute Gasteiger partial charge is 0.488 e. The summed E-state index contributed by atoms with van der Waals surface area (Å²) in [5.74, 6) is 0.906. The molecule has 0 aromatic heterocycles. The zero-order chi connectivity index (χ0) is 13.7. The van der Waals surface area contributed by atoms with Gasteiger partial charge < -0.3 is 4.74 Å². The van der Waals surface area contributed by atoms with Crippen LogP contribution in [0.15, 0.2) is 58.2 Å². The number of hydrogen-bond acceptors (Lipinski definition) is 1. The third-order valence-corrected chi connectivity index (χ3v) is 6.51. The molecule has 0 heterocycles. The minimum atomic E-state index is 0.605. The Morgan fingerprint density at radius 2 is 1.53 bits per heavy atom. The van der Waals surface area contributed by atoms with Crippen molar-refractivity contribution in [1.29, 1.82) is 0 Å². The highest BCUT2D eigenvalue weighted by molar-refractivity contribution is 14.1. The fourth-order valence-corrected chi connectivity index (χ4v) is 3.76. The highest BCUT2D eigenvalue weighted by atomic mass is 127. The lowest BCUT2D eigenvalue weighted by Gasteiger charge is -2.09. The predicted molar refractivity (Wildman–Crippen MR) is 106 cm³/mol. The molecule has 0 saturated carbocycles. The maximum Gasteiger partial charge on any atom is 0.120 e. The Bertz CT molecular complexity index is 579. The van der Waals surface area contributed by atoms with Crippen LogP contribution in [0.1, 0.15) is 5.56 Å². The topological polar surface area (TPSA) is 9.23 Å². The molecule has 2 aromatic rings. The van der Waals surface area contributed by atoms with Crippen LogP contribution in [0.3, 0.4) is 0 Å². The highest BCUT2D eigenvalue weighted by Crippen LogP contribution is 2.32. The highest BCUT2D eigenvalue weighted by Gasteiger charge is 2.07. The molecule has 0 bridgehead atoms. The molecule has 0 saturated heterocycles. The van der Waals surface area contributed by atoms with Crippen molar-refractivity contribution in [2.45, 2.75) is 0 Å². The molecule has 0 spiro atoms. The van der Waals surface area contributed by atoms with E-state index in [2.05, 4.69) is 92.0 Å². The van der Waals surface area contributed by atoms with Crippen molar-refractivity contribution in [3.8, 4) is 5.75 Å². The molecular formula is C15H11I3O. The van der Waals surface area contributed by atoms with Crippen molar-refractivity contribution in [3.63, 3.8) is 0 Å². The monoisotopic (exact) mass is 588 g/mol. The lowest BCUT2D eigenvalue weighted by Crippen LogP contribution is -1.98. The average molecular weight is 588 g/mol. The molecule has 2 rings (SSSR count). The van der Waals surface area contributed by atoms with Crippen molar-refractivity contribution >= 4 is 71.4 Å². The summed E-state index contributed by atoms with van der Waals surface area (Å²) in [7, 11) is 0. The van der Waals surface area contributed by atoms with Gasteiger partial charge in [0.05, 0.1) is 0 Å². The fraction of sp³-hybridized carbons (Fsp3) is 0.0667. The van der Waals surface area contributed by atoms with Gasteiger partial charge in [-0.1, -0.05) is 36.4 Å².